The molecule has 2 fully saturated rings. The van der Waals surface area contributed by atoms with Crippen molar-refractivity contribution >= 4 is 5.91 Å². The number of carbonyl (C=O) groups excluding carboxylic acids is 1. The van der Waals surface area contributed by atoms with Gasteiger partial charge < -0.3 is 10.6 Å². The zero-order valence-corrected chi connectivity index (χ0v) is 9.48. The molecule has 4 nitrogen and oxygen atoms in total. The summed E-state index contributed by atoms with van der Waals surface area (Å²) in [5.41, 5.74) is 5.61. The van der Waals surface area contributed by atoms with Crippen LogP contribution < -0.4 is 5.73 Å². The van der Waals surface area contributed by atoms with Crippen LogP contribution in [0.2, 0.25) is 0 Å². The highest BCUT2D eigenvalue weighted by Gasteiger charge is 2.32. The minimum Gasteiger partial charge on any atom is -0.340 e. The average Bonchev–Trinajstić information content (AvgIpc) is 2.86. The molecule has 2 aliphatic rings. The van der Waals surface area contributed by atoms with Gasteiger partial charge in [0.15, 0.2) is 0 Å². The van der Waals surface area contributed by atoms with Crippen LogP contribution in [-0.4, -0.2) is 54.0 Å². The first kappa shape index (κ1) is 10.9. The fourth-order valence-electron chi connectivity index (χ4n) is 2.63. The van der Waals surface area contributed by atoms with E-state index >= 15 is 0 Å². The highest BCUT2D eigenvalue weighted by Crippen LogP contribution is 2.20. The molecule has 0 bridgehead atoms. The third-order valence-corrected chi connectivity index (χ3v) is 3.52. The quantitative estimate of drug-likeness (QED) is 0.701. The number of rotatable bonds is 2. The van der Waals surface area contributed by atoms with E-state index in [0.29, 0.717) is 6.04 Å². The second-order valence-corrected chi connectivity index (χ2v) is 4.76. The molecule has 0 radical (unpaired) electrons. The van der Waals surface area contributed by atoms with Gasteiger partial charge in [0.25, 0.3) is 0 Å². The summed E-state index contributed by atoms with van der Waals surface area (Å²) in [6, 6.07) is 0.248. The summed E-state index contributed by atoms with van der Waals surface area (Å²) in [5.74, 6) is 0.108. The number of nitrogens with two attached hydrogens (primary N) is 1. The lowest BCUT2D eigenvalue weighted by Crippen LogP contribution is -2.43. The van der Waals surface area contributed by atoms with Crippen LogP contribution in [0.1, 0.15) is 26.2 Å². The van der Waals surface area contributed by atoms with Gasteiger partial charge in [0.1, 0.15) is 0 Å². The maximum atomic E-state index is 11.7. The van der Waals surface area contributed by atoms with Crippen LogP contribution in [0.25, 0.3) is 0 Å². The van der Waals surface area contributed by atoms with E-state index in [-0.39, 0.29) is 11.9 Å². The molecule has 0 aromatic heterocycles. The predicted molar refractivity (Wildman–Crippen MR) is 59.4 cm³/mol. The van der Waals surface area contributed by atoms with Gasteiger partial charge in [0.2, 0.25) is 5.91 Å². The van der Waals surface area contributed by atoms with E-state index in [4.69, 9.17) is 5.73 Å². The summed E-state index contributed by atoms with van der Waals surface area (Å²) in [6.45, 7) is 5.98. The molecular weight excluding hydrogens is 190 g/mol. The van der Waals surface area contributed by atoms with E-state index in [9.17, 15) is 4.79 Å². The van der Waals surface area contributed by atoms with Crippen LogP contribution in [0.4, 0.5) is 0 Å². The number of amides is 1. The van der Waals surface area contributed by atoms with Crippen LogP contribution in [0.3, 0.4) is 0 Å². The lowest BCUT2D eigenvalue weighted by molar-refractivity contribution is -0.131. The van der Waals surface area contributed by atoms with E-state index < -0.39 is 0 Å². The Kier molecular flexibility index (Phi) is 3.26. The van der Waals surface area contributed by atoms with Gasteiger partial charge in [-0.15, -0.1) is 0 Å². The lowest BCUT2D eigenvalue weighted by atomic mass is 10.2. The zero-order chi connectivity index (χ0) is 10.8. The number of nitrogens with zero attached hydrogens (tertiary/aromatic N) is 2. The molecule has 2 aliphatic heterocycles. The van der Waals surface area contributed by atoms with Crippen molar-refractivity contribution in [3.05, 3.63) is 0 Å². The molecule has 4 heteroatoms. The summed E-state index contributed by atoms with van der Waals surface area (Å²) < 4.78 is 0. The van der Waals surface area contributed by atoms with Crippen molar-refractivity contribution in [2.24, 2.45) is 5.73 Å². The van der Waals surface area contributed by atoms with Crippen LogP contribution in [0.15, 0.2) is 0 Å². The molecule has 0 aromatic rings. The molecule has 1 amide bonds. The first-order valence-electron chi connectivity index (χ1n) is 5.97. The second-order valence-electron chi connectivity index (χ2n) is 4.76. The maximum absolute atomic E-state index is 11.7. The van der Waals surface area contributed by atoms with Crippen LogP contribution in [-0.2, 0) is 4.79 Å². The third kappa shape index (κ3) is 2.32. The Morgan fingerprint density at radius 3 is 2.60 bits per heavy atom. The Bertz CT molecular complexity index is 236. The number of carbonyl (C=O) groups is 1. The standard InChI is InChI=1S/C11H21N3O/c1-9(12)11(15)14-7-4-10(8-14)13-5-2-3-6-13/h9-10H,2-8,12H2,1H3/t9-,10?/m1/s1. The monoisotopic (exact) mass is 211 g/mol. The number of hydrogen-bond acceptors (Lipinski definition) is 3. The Hall–Kier alpha value is -0.610. The SMILES string of the molecule is C[C@@H](N)C(=O)N1CCC(N2CCCC2)C1. The molecule has 2 rings (SSSR count). The summed E-state index contributed by atoms with van der Waals surface area (Å²) >= 11 is 0. The largest absolute Gasteiger partial charge is 0.340 e. The van der Waals surface area contributed by atoms with Crippen molar-refractivity contribution in [2.45, 2.75) is 38.3 Å². The fraction of sp³-hybridized carbons (Fsp3) is 0.909. The van der Waals surface area contributed by atoms with Crippen molar-refractivity contribution in [3.8, 4) is 0 Å². The van der Waals surface area contributed by atoms with E-state index in [1.54, 1.807) is 6.92 Å². The number of likely N-dealkylation sites (tertiary alicyclic amines) is 2. The third-order valence-electron chi connectivity index (χ3n) is 3.52. The Labute approximate surface area is 91.4 Å². The van der Waals surface area contributed by atoms with Crippen molar-refractivity contribution in [2.75, 3.05) is 26.2 Å². The molecule has 0 saturated carbocycles. The molecule has 2 N–H and O–H groups in total. The van der Waals surface area contributed by atoms with Crippen molar-refractivity contribution < 1.29 is 4.79 Å². The smallest absolute Gasteiger partial charge is 0.239 e. The van der Waals surface area contributed by atoms with E-state index in [1.165, 1.54) is 25.9 Å². The molecule has 1 unspecified atom stereocenters. The highest BCUT2D eigenvalue weighted by atomic mass is 16.2. The van der Waals surface area contributed by atoms with E-state index in [1.807, 2.05) is 4.90 Å². The normalized spacial score (nSPS) is 29.7. The molecule has 15 heavy (non-hydrogen) atoms. The lowest BCUT2D eigenvalue weighted by Gasteiger charge is -2.24. The maximum Gasteiger partial charge on any atom is 0.239 e. The van der Waals surface area contributed by atoms with Crippen LogP contribution in [0, 0.1) is 0 Å². The minimum atomic E-state index is -0.345. The minimum absolute atomic E-state index is 0.108. The number of hydrogen-bond donors (Lipinski definition) is 1. The molecular formula is C11H21N3O. The first-order chi connectivity index (χ1) is 7.18. The molecule has 0 aliphatic carbocycles. The summed E-state index contributed by atoms with van der Waals surface area (Å²) in [7, 11) is 0. The van der Waals surface area contributed by atoms with Crippen molar-refractivity contribution in [3.63, 3.8) is 0 Å². The van der Waals surface area contributed by atoms with Gasteiger partial charge in [-0.2, -0.15) is 0 Å². The molecule has 2 heterocycles. The molecule has 0 aromatic carbocycles. The van der Waals surface area contributed by atoms with E-state index in [0.717, 1.165) is 19.5 Å². The molecule has 2 saturated heterocycles. The molecule has 2 atom stereocenters. The Morgan fingerprint density at radius 1 is 1.33 bits per heavy atom. The van der Waals surface area contributed by atoms with Gasteiger partial charge in [0, 0.05) is 19.1 Å². The van der Waals surface area contributed by atoms with Gasteiger partial charge in [0.05, 0.1) is 6.04 Å². The van der Waals surface area contributed by atoms with Crippen LogP contribution >= 0.6 is 0 Å². The summed E-state index contributed by atoms with van der Waals surface area (Å²) in [4.78, 5) is 16.1. The second kappa shape index (κ2) is 4.49. The molecule has 86 valence electrons. The average molecular weight is 211 g/mol. The molecule has 0 spiro atoms. The van der Waals surface area contributed by atoms with Gasteiger partial charge in [-0.1, -0.05) is 0 Å². The van der Waals surface area contributed by atoms with Crippen molar-refractivity contribution in [1.29, 1.82) is 0 Å². The summed E-state index contributed by atoms with van der Waals surface area (Å²) in [5, 5.41) is 0. The van der Waals surface area contributed by atoms with Crippen molar-refractivity contribution in [1.82, 2.24) is 9.80 Å². The highest BCUT2D eigenvalue weighted by molar-refractivity contribution is 5.81. The predicted octanol–water partition coefficient (Wildman–Crippen LogP) is 0.0303. The Morgan fingerprint density at radius 2 is 2.00 bits per heavy atom. The fourth-order valence-corrected chi connectivity index (χ4v) is 2.63. The van der Waals surface area contributed by atoms with E-state index in [2.05, 4.69) is 4.90 Å². The Balaban J connectivity index is 1.86. The zero-order valence-electron chi connectivity index (χ0n) is 9.48. The first-order valence-corrected chi connectivity index (χ1v) is 5.97. The topological polar surface area (TPSA) is 49.6 Å². The van der Waals surface area contributed by atoms with Gasteiger partial charge >= 0.3 is 0 Å². The van der Waals surface area contributed by atoms with Gasteiger partial charge in [-0.3, -0.25) is 9.69 Å². The van der Waals surface area contributed by atoms with Crippen LogP contribution in [0.5, 0.6) is 0 Å². The summed E-state index contributed by atoms with van der Waals surface area (Å²) in [6.07, 6.45) is 3.76. The van der Waals surface area contributed by atoms with Gasteiger partial charge in [-0.25, -0.2) is 0 Å². The van der Waals surface area contributed by atoms with Gasteiger partial charge in [-0.05, 0) is 39.3 Å².